The van der Waals surface area contributed by atoms with Gasteiger partial charge in [-0.15, -0.1) is 0 Å². The third-order valence-corrected chi connectivity index (χ3v) is 5.37. The summed E-state index contributed by atoms with van der Waals surface area (Å²) in [6.07, 6.45) is 1.01. The van der Waals surface area contributed by atoms with Gasteiger partial charge in [0, 0.05) is 44.8 Å². The number of rotatable bonds is 4. The molecule has 0 bridgehead atoms. The van der Waals surface area contributed by atoms with Crippen molar-refractivity contribution in [2.45, 2.75) is 19.9 Å². The van der Waals surface area contributed by atoms with E-state index in [2.05, 4.69) is 34.1 Å². The lowest BCUT2D eigenvalue weighted by Crippen LogP contribution is -2.54. The van der Waals surface area contributed by atoms with E-state index >= 15 is 0 Å². The van der Waals surface area contributed by atoms with Crippen LogP contribution in [-0.2, 0) is 17.7 Å². The molecule has 0 spiro atoms. The molecular weight excluding hydrogens is 358 g/mol. The Kier molecular flexibility index (Phi) is 5.87. The number of benzene rings is 1. The topological polar surface area (TPSA) is 74.9 Å². The third kappa shape index (κ3) is 4.34. The molecule has 0 N–H and O–H groups in total. The van der Waals surface area contributed by atoms with E-state index in [4.69, 9.17) is 9.26 Å². The number of hydrogen-bond donors (Lipinski definition) is 0. The highest BCUT2D eigenvalue weighted by Gasteiger charge is 2.27. The van der Waals surface area contributed by atoms with Crippen LogP contribution in [0, 0.1) is 0 Å². The molecule has 2 fully saturated rings. The summed E-state index contributed by atoms with van der Waals surface area (Å²) in [6, 6.07) is 8.37. The average molecular weight is 385 g/mol. The summed E-state index contributed by atoms with van der Waals surface area (Å²) in [4.78, 5) is 23.2. The van der Waals surface area contributed by atoms with Crippen LogP contribution in [0.25, 0.3) is 11.4 Å². The van der Waals surface area contributed by atoms with Crippen molar-refractivity contribution in [3.8, 4) is 11.4 Å². The third-order valence-electron chi connectivity index (χ3n) is 5.37. The molecule has 0 radical (unpaired) electrons. The van der Waals surface area contributed by atoms with Gasteiger partial charge in [-0.1, -0.05) is 36.3 Å². The minimum Gasteiger partial charge on any atom is -0.378 e. The highest BCUT2D eigenvalue weighted by molar-refractivity contribution is 5.74. The Bertz CT molecular complexity index is 777. The molecule has 2 saturated heterocycles. The minimum atomic E-state index is 0.124. The van der Waals surface area contributed by atoms with Crippen LogP contribution in [0.4, 0.5) is 4.79 Å². The van der Waals surface area contributed by atoms with Crippen molar-refractivity contribution in [3.05, 3.63) is 35.7 Å². The fourth-order valence-corrected chi connectivity index (χ4v) is 3.57. The van der Waals surface area contributed by atoms with Gasteiger partial charge in [0.2, 0.25) is 11.7 Å². The van der Waals surface area contributed by atoms with Crippen LogP contribution in [0.1, 0.15) is 18.4 Å². The molecule has 0 saturated carbocycles. The normalized spacial score (nSPS) is 18.5. The molecule has 28 heavy (non-hydrogen) atoms. The molecule has 1 aromatic heterocycles. The molecular formula is C20H27N5O3. The van der Waals surface area contributed by atoms with Crippen LogP contribution < -0.4 is 0 Å². The number of carbonyl (C=O) groups excluding carboxylic acids is 1. The van der Waals surface area contributed by atoms with Gasteiger partial charge in [0.25, 0.3) is 0 Å². The average Bonchev–Trinajstić information content (AvgIpc) is 3.23. The van der Waals surface area contributed by atoms with Crippen LogP contribution in [0.3, 0.4) is 0 Å². The van der Waals surface area contributed by atoms with Gasteiger partial charge < -0.3 is 19.1 Å². The Hall–Kier alpha value is -2.45. The maximum Gasteiger partial charge on any atom is 0.320 e. The Balaban J connectivity index is 1.29. The van der Waals surface area contributed by atoms with E-state index in [1.807, 2.05) is 21.9 Å². The molecule has 0 unspecified atom stereocenters. The van der Waals surface area contributed by atoms with E-state index < -0.39 is 0 Å². The van der Waals surface area contributed by atoms with Crippen LogP contribution in [0.2, 0.25) is 0 Å². The van der Waals surface area contributed by atoms with E-state index in [-0.39, 0.29) is 6.03 Å². The lowest BCUT2D eigenvalue weighted by molar-refractivity contribution is 0.0367. The van der Waals surface area contributed by atoms with E-state index in [0.29, 0.717) is 44.6 Å². The number of ether oxygens (including phenoxy) is 1. The molecule has 8 heteroatoms. The first kappa shape index (κ1) is 18.9. The first-order valence-electron chi connectivity index (χ1n) is 9.99. The molecule has 0 atom stereocenters. The highest BCUT2D eigenvalue weighted by atomic mass is 16.5. The molecule has 3 heterocycles. The highest BCUT2D eigenvalue weighted by Crippen LogP contribution is 2.18. The number of aryl methyl sites for hydroxylation is 1. The molecule has 1 aromatic carbocycles. The van der Waals surface area contributed by atoms with Crippen molar-refractivity contribution >= 4 is 6.03 Å². The summed E-state index contributed by atoms with van der Waals surface area (Å²) >= 11 is 0. The van der Waals surface area contributed by atoms with Gasteiger partial charge in [-0.05, 0) is 12.0 Å². The van der Waals surface area contributed by atoms with Crippen molar-refractivity contribution < 1.29 is 14.1 Å². The quantitative estimate of drug-likeness (QED) is 0.800. The summed E-state index contributed by atoms with van der Waals surface area (Å²) in [6.45, 7) is 8.42. The number of hydrogen-bond acceptors (Lipinski definition) is 6. The van der Waals surface area contributed by atoms with Crippen LogP contribution in [-0.4, -0.2) is 83.4 Å². The first-order chi connectivity index (χ1) is 13.7. The van der Waals surface area contributed by atoms with Crippen molar-refractivity contribution in [2.24, 2.45) is 0 Å². The Morgan fingerprint density at radius 1 is 1.00 bits per heavy atom. The fraction of sp³-hybridized carbons (Fsp3) is 0.550. The predicted octanol–water partition coefficient (Wildman–Crippen LogP) is 1.87. The number of urea groups is 1. The lowest BCUT2D eigenvalue weighted by Gasteiger charge is -2.38. The van der Waals surface area contributed by atoms with Crippen LogP contribution in [0.15, 0.2) is 28.8 Å². The molecule has 0 aliphatic carbocycles. The van der Waals surface area contributed by atoms with E-state index in [1.165, 1.54) is 5.56 Å². The van der Waals surface area contributed by atoms with Gasteiger partial charge in [-0.2, -0.15) is 4.98 Å². The van der Waals surface area contributed by atoms with Gasteiger partial charge in [-0.25, -0.2) is 4.79 Å². The van der Waals surface area contributed by atoms with Gasteiger partial charge in [0.15, 0.2) is 0 Å². The number of amides is 2. The minimum absolute atomic E-state index is 0.124. The Labute approximate surface area is 165 Å². The van der Waals surface area contributed by atoms with E-state index in [1.54, 1.807) is 0 Å². The number of carbonyl (C=O) groups is 1. The maximum atomic E-state index is 12.6. The van der Waals surface area contributed by atoms with Crippen molar-refractivity contribution in [1.29, 1.82) is 0 Å². The maximum absolute atomic E-state index is 12.6. The molecule has 150 valence electrons. The monoisotopic (exact) mass is 385 g/mol. The van der Waals surface area contributed by atoms with Gasteiger partial charge in [0.1, 0.15) is 0 Å². The second-order valence-corrected chi connectivity index (χ2v) is 7.21. The zero-order valence-electron chi connectivity index (χ0n) is 16.3. The number of nitrogens with zero attached hydrogens (tertiary/aromatic N) is 5. The first-order valence-corrected chi connectivity index (χ1v) is 9.99. The molecule has 2 aliphatic rings. The van der Waals surface area contributed by atoms with E-state index in [0.717, 1.165) is 38.2 Å². The number of aromatic nitrogens is 2. The summed E-state index contributed by atoms with van der Waals surface area (Å²) in [7, 11) is 0. The predicted molar refractivity (Wildman–Crippen MR) is 104 cm³/mol. The zero-order valence-corrected chi connectivity index (χ0v) is 16.3. The lowest BCUT2D eigenvalue weighted by atomic mass is 10.1. The summed E-state index contributed by atoms with van der Waals surface area (Å²) in [5.41, 5.74) is 2.25. The molecule has 2 aromatic rings. The van der Waals surface area contributed by atoms with Crippen molar-refractivity contribution in [3.63, 3.8) is 0 Å². The second kappa shape index (κ2) is 8.70. The zero-order chi connectivity index (χ0) is 19.3. The number of morpholine rings is 1. The van der Waals surface area contributed by atoms with E-state index in [9.17, 15) is 4.79 Å². The largest absolute Gasteiger partial charge is 0.378 e. The van der Waals surface area contributed by atoms with Gasteiger partial charge >= 0.3 is 6.03 Å². The SMILES string of the molecule is CCc1ccc(-c2noc(CN3CCN(C(=O)N4CCOCC4)CC3)n2)cc1. The molecule has 8 nitrogen and oxygen atoms in total. The van der Waals surface area contributed by atoms with Crippen LogP contribution in [0.5, 0.6) is 0 Å². The van der Waals surface area contributed by atoms with Crippen LogP contribution >= 0.6 is 0 Å². The Morgan fingerprint density at radius 3 is 2.36 bits per heavy atom. The Morgan fingerprint density at radius 2 is 1.68 bits per heavy atom. The molecule has 2 amide bonds. The summed E-state index contributed by atoms with van der Waals surface area (Å²) in [5.74, 6) is 1.24. The summed E-state index contributed by atoms with van der Waals surface area (Å²) < 4.78 is 10.8. The summed E-state index contributed by atoms with van der Waals surface area (Å²) in [5, 5.41) is 4.12. The number of piperazine rings is 1. The smallest absolute Gasteiger partial charge is 0.320 e. The van der Waals surface area contributed by atoms with Crippen molar-refractivity contribution in [2.75, 3.05) is 52.5 Å². The van der Waals surface area contributed by atoms with Gasteiger partial charge in [-0.3, -0.25) is 4.90 Å². The molecule has 4 rings (SSSR count). The van der Waals surface area contributed by atoms with Gasteiger partial charge in [0.05, 0.1) is 19.8 Å². The molecule has 2 aliphatic heterocycles. The second-order valence-electron chi connectivity index (χ2n) is 7.21. The fourth-order valence-electron chi connectivity index (χ4n) is 3.57. The van der Waals surface area contributed by atoms with Crippen molar-refractivity contribution in [1.82, 2.24) is 24.8 Å². The standard InChI is InChI=1S/C20H27N5O3/c1-2-16-3-5-17(6-4-16)19-21-18(28-22-19)15-23-7-9-24(10-8-23)20(26)25-11-13-27-14-12-25/h3-6H,2,7-15H2,1H3.